The van der Waals surface area contributed by atoms with E-state index in [2.05, 4.69) is 33.4 Å². The van der Waals surface area contributed by atoms with Crippen LogP contribution in [0.3, 0.4) is 0 Å². The molecular weight excluding hydrogens is 198 g/mol. The van der Waals surface area contributed by atoms with E-state index in [4.69, 9.17) is 10.00 Å². The van der Waals surface area contributed by atoms with Crippen molar-refractivity contribution in [1.82, 2.24) is 0 Å². The van der Waals surface area contributed by atoms with Crippen LogP contribution in [0.2, 0.25) is 0 Å². The molecule has 0 spiro atoms. The highest BCUT2D eigenvalue weighted by molar-refractivity contribution is 4.96. The first kappa shape index (κ1) is 13.3. The van der Waals surface area contributed by atoms with Crippen molar-refractivity contribution >= 4 is 0 Å². The Balaban J connectivity index is 2.62. The topological polar surface area (TPSA) is 33.0 Å². The molecule has 2 heteroatoms. The fourth-order valence-corrected chi connectivity index (χ4v) is 2.44. The van der Waals surface area contributed by atoms with Crippen molar-refractivity contribution in [3.05, 3.63) is 12.7 Å². The summed E-state index contributed by atoms with van der Waals surface area (Å²) in [7, 11) is 0. The summed E-state index contributed by atoms with van der Waals surface area (Å²) in [5.74, 6) is 0.727. The van der Waals surface area contributed by atoms with E-state index < -0.39 is 0 Å². The Hall–Kier alpha value is -0.810. The van der Waals surface area contributed by atoms with Gasteiger partial charge in [-0.25, -0.2) is 0 Å². The maximum Gasteiger partial charge on any atom is 0.0740 e. The van der Waals surface area contributed by atoms with Crippen molar-refractivity contribution in [2.24, 2.45) is 17.3 Å². The molecule has 1 fully saturated rings. The van der Waals surface area contributed by atoms with Crippen LogP contribution in [-0.2, 0) is 4.74 Å². The van der Waals surface area contributed by atoms with Gasteiger partial charge in [-0.15, -0.1) is 6.58 Å². The lowest BCUT2D eigenvalue weighted by Gasteiger charge is -2.39. The van der Waals surface area contributed by atoms with Gasteiger partial charge in [0.2, 0.25) is 0 Å². The molecule has 0 amide bonds. The lowest BCUT2D eigenvalue weighted by Crippen LogP contribution is -2.36. The van der Waals surface area contributed by atoms with Gasteiger partial charge in [-0.3, -0.25) is 0 Å². The van der Waals surface area contributed by atoms with Gasteiger partial charge >= 0.3 is 0 Å². The highest BCUT2D eigenvalue weighted by Gasteiger charge is 2.36. The predicted octanol–water partition coefficient (Wildman–Crippen LogP) is 3.54. The molecule has 90 valence electrons. The molecule has 0 aromatic rings. The number of nitrogens with zero attached hydrogens (tertiary/aromatic N) is 1. The largest absolute Gasteiger partial charge is 0.373 e. The average molecular weight is 221 g/mol. The Morgan fingerprint density at radius 3 is 2.62 bits per heavy atom. The molecule has 0 saturated heterocycles. The summed E-state index contributed by atoms with van der Waals surface area (Å²) in [4.78, 5) is 0. The minimum absolute atomic E-state index is 0.0681. The molecule has 1 aliphatic carbocycles. The van der Waals surface area contributed by atoms with Crippen LogP contribution < -0.4 is 0 Å². The van der Waals surface area contributed by atoms with Gasteiger partial charge in [-0.05, 0) is 30.6 Å². The first-order valence-corrected chi connectivity index (χ1v) is 6.11. The maximum absolute atomic E-state index is 9.09. The highest BCUT2D eigenvalue weighted by Crippen LogP contribution is 2.40. The quantitative estimate of drug-likeness (QED) is 0.683. The zero-order chi connectivity index (χ0) is 12.2. The van der Waals surface area contributed by atoms with Crippen LogP contribution >= 0.6 is 0 Å². The van der Waals surface area contributed by atoms with Crippen LogP contribution in [0.15, 0.2) is 12.7 Å². The van der Waals surface area contributed by atoms with Gasteiger partial charge in [-0.1, -0.05) is 26.8 Å². The van der Waals surface area contributed by atoms with Crippen molar-refractivity contribution in [3.8, 4) is 6.07 Å². The number of hydrogen-bond acceptors (Lipinski definition) is 2. The number of nitriles is 1. The van der Waals surface area contributed by atoms with Gasteiger partial charge in [0.1, 0.15) is 0 Å². The van der Waals surface area contributed by atoms with Gasteiger partial charge in [0.05, 0.1) is 24.7 Å². The van der Waals surface area contributed by atoms with E-state index in [0.29, 0.717) is 17.9 Å². The van der Waals surface area contributed by atoms with Gasteiger partial charge in [-0.2, -0.15) is 5.26 Å². The standard InChI is InChI=1S/C14H23NO/c1-5-8-16-13-9-12(14(2,3)4)7-6-11(13)10-15/h5,11-13H,1,6-9H2,2-4H3. The molecule has 0 aromatic carbocycles. The summed E-state index contributed by atoms with van der Waals surface area (Å²) in [6, 6.07) is 2.38. The SMILES string of the molecule is C=CCOC1CC(C(C)(C)C)CCC1C#N. The Morgan fingerprint density at radius 2 is 2.12 bits per heavy atom. The third-order valence-electron chi connectivity index (χ3n) is 3.61. The van der Waals surface area contributed by atoms with Crippen molar-refractivity contribution in [3.63, 3.8) is 0 Å². The second-order valence-corrected chi connectivity index (χ2v) is 5.77. The lowest BCUT2D eigenvalue weighted by molar-refractivity contribution is -0.0159. The average Bonchev–Trinajstić information content (AvgIpc) is 2.24. The third-order valence-corrected chi connectivity index (χ3v) is 3.61. The van der Waals surface area contributed by atoms with E-state index in [1.807, 2.05) is 0 Å². The molecule has 3 unspecified atom stereocenters. The molecule has 1 aliphatic rings. The smallest absolute Gasteiger partial charge is 0.0740 e. The summed E-state index contributed by atoms with van der Waals surface area (Å²) >= 11 is 0. The van der Waals surface area contributed by atoms with Gasteiger partial charge in [0.15, 0.2) is 0 Å². The molecule has 2 nitrogen and oxygen atoms in total. The zero-order valence-corrected chi connectivity index (χ0v) is 10.7. The summed E-state index contributed by atoms with van der Waals surface area (Å²) in [5, 5.41) is 9.09. The molecule has 0 bridgehead atoms. The van der Waals surface area contributed by atoms with Crippen LogP contribution in [0.5, 0.6) is 0 Å². The van der Waals surface area contributed by atoms with Crippen molar-refractivity contribution in [2.75, 3.05) is 6.61 Å². The molecule has 3 atom stereocenters. The molecular formula is C14H23NO. The molecule has 0 radical (unpaired) electrons. The minimum atomic E-state index is 0.0681. The van der Waals surface area contributed by atoms with Crippen LogP contribution in [-0.4, -0.2) is 12.7 Å². The third kappa shape index (κ3) is 3.35. The first-order valence-electron chi connectivity index (χ1n) is 6.11. The Kier molecular flexibility index (Phi) is 4.56. The first-order chi connectivity index (χ1) is 7.49. The Bertz CT molecular complexity index is 271. The van der Waals surface area contributed by atoms with E-state index in [1.54, 1.807) is 6.08 Å². The summed E-state index contributed by atoms with van der Waals surface area (Å²) in [6.45, 7) is 11.0. The molecule has 0 aromatic heterocycles. The summed E-state index contributed by atoms with van der Waals surface area (Å²) in [5.41, 5.74) is 0.316. The number of ether oxygens (including phenoxy) is 1. The van der Waals surface area contributed by atoms with E-state index >= 15 is 0 Å². The fourth-order valence-electron chi connectivity index (χ4n) is 2.44. The minimum Gasteiger partial charge on any atom is -0.373 e. The highest BCUT2D eigenvalue weighted by atomic mass is 16.5. The summed E-state index contributed by atoms with van der Waals surface area (Å²) < 4.78 is 5.72. The predicted molar refractivity (Wildman–Crippen MR) is 65.8 cm³/mol. The second-order valence-electron chi connectivity index (χ2n) is 5.77. The van der Waals surface area contributed by atoms with Gasteiger partial charge < -0.3 is 4.74 Å². The molecule has 1 rings (SSSR count). The summed E-state index contributed by atoms with van der Waals surface area (Å²) in [6.07, 6.45) is 4.99. The molecule has 0 aliphatic heterocycles. The van der Waals surface area contributed by atoms with Crippen LogP contribution in [0, 0.1) is 28.6 Å². The van der Waals surface area contributed by atoms with Crippen LogP contribution in [0.4, 0.5) is 0 Å². The molecule has 16 heavy (non-hydrogen) atoms. The number of hydrogen-bond donors (Lipinski definition) is 0. The lowest BCUT2D eigenvalue weighted by atomic mass is 9.69. The van der Waals surface area contributed by atoms with E-state index in [1.165, 1.54) is 0 Å². The van der Waals surface area contributed by atoms with Gasteiger partial charge in [0, 0.05) is 0 Å². The second kappa shape index (κ2) is 5.50. The molecule has 0 heterocycles. The van der Waals surface area contributed by atoms with Crippen molar-refractivity contribution in [1.29, 1.82) is 5.26 Å². The van der Waals surface area contributed by atoms with Crippen LogP contribution in [0.25, 0.3) is 0 Å². The monoisotopic (exact) mass is 221 g/mol. The van der Waals surface area contributed by atoms with E-state index in [0.717, 1.165) is 19.3 Å². The van der Waals surface area contributed by atoms with E-state index in [9.17, 15) is 0 Å². The number of rotatable bonds is 3. The van der Waals surface area contributed by atoms with Crippen LogP contribution in [0.1, 0.15) is 40.0 Å². The van der Waals surface area contributed by atoms with Crippen molar-refractivity contribution < 1.29 is 4.74 Å². The Labute approximate surface area is 99.3 Å². The van der Waals surface area contributed by atoms with Crippen molar-refractivity contribution in [2.45, 2.75) is 46.1 Å². The fraction of sp³-hybridized carbons (Fsp3) is 0.786. The normalized spacial score (nSPS) is 30.8. The van der Waals surface area contributed by atoms with E-state index in [-0.39, 0.29) is 12.0 Å². The zero-order valence-electron chi connectivity index (χ0n) is 10.7. The van der Waals surface area contributed by atoms with Gasteiger partial charge in [0.25, 0.3) is 0 Å². The molecule has 1 saturated carbocycles. The maximum atomic E-state index is 9.09. The molecule has 0 N–H and O–H groups in total. The Morgan fingerprint density at radius 1 is 1.44 bits per heavy atom.